The number of nitrogens with one attached hydrogen (secondary N) is 1. The number of para-hydroxylation sites is 1. The van der Waals surface area contributed by atoms with E-state index in [1.165, 1.54) is 18.2 Å². The summed E-state index contributed by atoms with van der Waals surface area (Å²) in [6.45, 7) is 0.239. The summed E-state index contributed by atoms with van der Waals surface area (Å²) in [4.78, 5) is 12.4. The molecule has 6 heteroatoms. The third kappa shape index (κ3) is 3.52. The smallest absolute Gasteiger partial charge is 0.224 e. The van der Waals surface area contributed by atoms with Crippen LogP contribution in [0, 0.1) is 11.7 Å². The number of aliphatic hydroxyl groups is 1. The lowest BCUT2D eigenvalue weighted by Gasteiger charge is -2.33. The highest BCUT2D eigenvalue weighted by molar-refractivity contribution is 6.30. The Balaban J connectivity index is 1.75. The van der Waals surface area contributed by atoms with Gasteiger partial charge in [-0.15, -0.1) is 0 Å². The molecule has 2 aromatic carbocycles. The Bertz CT molecular complexity index is 753. The molecule has 1 aliphatic heterocycles. The molecule has 1 aliphatic rings. The molecule has 0 saturated carbocycles. The molecular weight excluding hydrogens is 333 g/mol. The van der Waals surface area contributed by atoms with Gasteiger partial charge >= 0.3 is 0 Å². The molecular formula is C18H17ClFNO3. The first kappa shape index (κ1) is 16.7. The number of benzene rings is 2. The Morgan fingerprint density at radius 3 is 2.88 bits per heavy atom. The first-order valence-electron chi connectivity index (χ1n) is 7.64. The molecule has 0 fully saturated rings. The molecule has 2 N–H and O–H groups in total. The maximum Gasteiger partial charge on any atom is 0.224 e. The zero-order valence-corrected chi connectivity index (χ0v) is 13.6. The standard InChI is InChI=1S/C18H17ClFNO3/c19-14-7-11(5-6-15(14)20)8-17(23)21-18-12(9-22)10-24-16-4-2-1-3-13(16)18/h1-7,12,18,22H,8-10H2,(H,21,23)/t12-,18-/m1/s1. The molecule has 3 rings (SSSR count). The molecule has 0 aliphatic carbocycles. The van der Waals surface area contributed by atoms with Crippen molar-refractivity contribution >= 4 is 17.5 Å². The summed E-state index contributed by atoms with van der Waals surface area (Å²) in [6, 6.07) is 11.3. The van der Waals surface area contributed by atoms with Gasteiger partial charge in [0, 0.05) is 11.5 Å². The summed E-state index contributed by atoms with van der Waals surface area (Å²) >= 11 is 5.75. The van der Waals surface area contributed by atoms with Crippen LogP contribution in [0.3, 0.4) is 0 Å². The van der Waals surface area contributed by atoms with Crippen molar-refractivity contribution in [3.8, 4) is 5.75 Å². The second-order valence-electron chi connectivity index (χ2n) is 5.76. The minimum atomic E-state index is -0.514. The molecule has 0 aromatic heterocycles. The van der Waals surface area contributed by atoms with E-state index in [1.807, 2.05) is 24.3 Å². The number of aliphatic hydroxyl groups excluding tert-OH is 1. The van der Waals surface area contributed by atoms with E-state index in [9.17, 15) is 14.3 Å². The molecule has 126 valence electrons. The van der Waals surface area contributed by atoms with Gasteiger partial charge in [0.2, 0.25) is 5.91 Å². The monoisotopic (exact) mass is 349 g/mol. The van der Waals surface area contributed by atoms with Crippen molar-refractivity contribution in [3.05, 3.63) is 64.4 Å². The summed E-state index contributed by atoms with van der Waals surface area (Å²) in [7, 11) is 0. The largest absolute Gasteiger partial charge is 0.493 e. The third-order valence-electron chi connectivity index (χ3n) is 4.08. The molecule has 4 nitrogen and oxygen atoms in total. The predicted octanol–water partition coefficient (Wildman–Crippen LogP) is 2.88. The van der Waals surface area contributed by atoms with E-state index in [-0.39, 0.29) is 35.9 Å². The molecule has 2 aromatic rings. The van der Waals surface area contributed by atoms with Gasteiger partial charge in [-0.25, -0.2) is 4.39 Å². The maximum atomic E-state index is 13.2. The van der Waals surface area contributed by atoms with Crippen LogP contribution in [0.15, 0.2) is 42.5 Å². The first-order valence-corrected chi connectivity index (χ1v) is 8.02. The Hall–Kier alpha value is -2.11. The van der Waals surface area contributed by atoms with Crippen molar-refractivity contribution in [1.82, 2.24) is 5.32 Å². The van der Waals surface area contributed by atoms with Crippen molar-refractivity contribution in [2.24, 2.45) is 5.92 Å². The van der Waals surface area contributed by atoms with Crippen LogP contribution in [0.2, 0.25) is 5.02 Å². The lowest BCUT2D eigenvalue weighted by Crippen LogP contribution is -2.40. The predicted molar refractivity (Wildman–Crippen MR) is 88.5 cm³/mol. The minimum absolute atomic E-state index is 0.00931. The van der Waals surface area contributed by atoms with E-state index >= 15 is 0 Å². The number of carbonyl (C=O) groups excluding carboxylic acids is 1. The average molecular weight is 350 g/mol. The molecule has 0 bridgehead atoms. The van der Waals surface area contributed by atoms with Gasteiger partial charge in [0.15, 0.2) is 0 Å². The summed E-state index contributed by atoms with van der Waals surface area (Å²) in [5.41, 5.74) is 1.47. The SMILES string of the molecule is O=C(Cc1ccc(F)c(Cl)c1)N[C@H]1c2ccccc2OC[C@H]1CO. The van der Waals surface area contributed by atoms with Gasteiger partial charge in [0.1, 0.15) is 11.6 Å². The van der Waals surface area contributed by atoms with Gasteiger partial charge in [-0.2, -0.15) is 0 Å². The minimum Gasteiger partial charge on any atom is -0.493 e. The summed E-state index contributed by atoms with van der Waals surface area (Å²) in [6.07, 6.45) is 0.0810. The van der Waals surface area contributed by atoms with Crippen molar-refractivity contribution in [2.75, 3.05) is 13.2 Å². The van der Waals surface area contributed by atoms with Crippen molar-refractivity contribution < 1.29 is 19.0 Å². The van der Waals surface area contributed by atoms with Crippen molar-refractivity contribution in [3.63, 3.8) is 0 Å². The number of rotatable bonds is 4. The summed E-state index contributed by atoms with van der Waals surface area (Å²) in [5.74, 6) is -0.254. The fourth-order valence-electron chi connectivity index (χ4n) is 2.83. The van der Waals surface area contributed by atoms with Gasteiger partial charge in [-0.3, -0.25) is 4.79 Å². The highest BCUT2D eigenvalue weighted by Crippen LogP contribution is 2.35. The lowest BCUT2D eigenvalue weighted by atomic mass is 9.91. The average Bonchev–Trinajstić information content (AvgIpc) is 2.58. The fraction of sp³-hybridized carbons (Fsp3) is 0.278. The number of halogens is 2. The van der Waals surface area contributed by atoms with E-state index in [4.69, 9.17) is 16.3 Å². The van der Waals surface area contributed by atoms with Gasteiger partial charge in [-0.05, 0) is 23.8 Å². The van der Waals surface area contributed by atoms with Crippen LogP contribution in [-0.2, 0) is 11.2 Å². The summed E-state index contributed by atoms with van der Waals surface area (Å²) < 4.78 is 18.8. The van der Waals surface area contributed by atoms with E-state index in [2.05, 4.69) is 5.32 Å². The van der Waals surface area contributed by atoms with Crippen LogP contribution in [-0.4, -0.2) is 24.2 Å². The highest BCUT2D eigenvalue weighted by Gasteiger charge is 2.31. The second-order valence-corrected chi connectivity index (χ2v) is 6.17. The van der Waals surface area contributed by atoms with E-state index in [0.717, 1.165) is 5.56 Å². The quantitative estimate of drug-likeness (QED) is 0.892. The zero-order valence-electron chi connectivity index (χ0n) is 12.8. The molecule has 0 radical (unpaired) electrons. The van der Waals surface area contributed by atoms with Gasteiger partial charge < -0.3 is 15.2 Å². The van der Waals surface area contributed by atoms with Crippen molar-refractivity contribution in [2.45, 2.75) is 12.5 Å². The van der Waals surface area contributed by atoms with E-state index in [1.54, 1.807) is 0 Å². The number of fused-ring (bicyclic) bond motifs is 1. The van der Waals surface area contributed by atoms with Crippen LogP contribution in [0.4, 0.5) is 4.39 Å². The number of hydrogen-bond donors (Lipinski definition) is 2. The lowest BCUT2D eigenvalue weighted by molar-refractivity contribution is -0.122. The number of ether oxygens (including phenoxy) is 1. The molecule has 2 atom stereocenters. The normalized spacial score (nSPS) is 19.3. The number of hydrogen-bond acceptors (Lipinski definition) is 3. The third-order valence-corrected chi connectivity index (χ3v) is 4.37. The highest BCUT2D eigenvalue weighted by atomic mass is 35.5. The molecule has 0 unspecified atom stereocenters. The Morgan fingerprint density at radius 2 is 2.12 bits per heavy atom. The topological polar surface area (TPSA) is 58.6 Å². The van der Waals surface area contributed by atoms with Crippen molar-refractivity contribution in [1.29, 1.82) is 0 Å². The molecule has 0 spiro atoms. The Kier molecular flexibility index (Phi) is 5.02. The molecule has 1 amide bonds. The second kappa shape index (κ2) is 7.20. The molecule has 0 saturated heterocycles. The van der Waals surface area contributed by atoms with E-state index < -0.39 is 5.82 Å². The van der Waals surface area contributed by atoms with Crippen LogP contribution >= 0.6 is 11.6 Å². The Morgan fingerprint density at radius 1 is 1.33 bits per heavy atom. The van der Waals surface area contributed by atoms with Gasteiger partial charge in [0.25, 0.3) is 0 Å². The number of carbonyl (C=O) groups is 1. The van der Waals surface area contributed by atoms with Gasteiger partial charge in [-0.1, -0.05) is 35.9 Å². The molecule has 24 heavy (non-hydrogen) atoms. The maximum absolute atomic E-state index is 13.2. The number of amides is 1. The van der Waals surface area contributed by atoms with Crippen LogP contribution in [0.25, 0.3) is 0 Å². The summed E-state index contributed by atoms with van der Waals surface area (Å²) in [5, 5.41) is 12.5. The first-order chi connectivity index (χ1) is 11.6. The molecule has 1 heterocycles. The Labute approximate surface area is 144 Å². The van der Waals surface area contributed by atoms with Crippen LogP contribution in [0.1, 0.15) is 17.2 Å². The van der Waals surface area contributed by atoms with Gasteiger partial charge in [0.05, 0.1) is 30.7 Å². The van der Waals surface area contributed by atoms with Crippen LogP contribution in [0.5, 0.6) is 5.75 Å². The fourth-order valence-corrected chi connectivity index (χ4v) is 3.03. The van der Waals surface area contributed by atoms with Crippen LogP contribution < -0.4 is 10.1 Å². The van der Waals surface area contributed by atoms with E-state index in [0.29, 0.717) is 17.9 Å². The zero-order chi connectivity index (χ0) is 17.1.